The molecule has 4 heteroatoms. The average molecular weight is 241 g/mol. The van der Waals surface area contributed by atoms with Gasteiger partial charge in [0.05, 0.1) is 4.88 Å². The largest absolute Gasteiger partial charge is 0.396 e. The van der Waals surface area contributed by atoms with Crippen molar-refractivity contribution in [3.8, 4) is 0 Å². The number of nitrogens with one attached hydrogen (secondary N) is 1. The zero-order valence-corrected chi connectivity index (χ0v) is 10.6. The van der Waals surface area contributed by atoms with E-state index in [2.05, 4.69) is 5.32 Å². The number of carbonyl (C=O) groups is 1. The Morgan fingerprint density at radius 3 is 3.00 bits per heavy atom. The molecule has 0 saturated carbocycles. The number of thiophene rings is 1. The number of aryl methyl sites for hydroxylation is 1. The first-order valence-corrected chi connectivity index (χ1v) is 6.55. The molecule has 0 saturated heterocycles. The second-order valence-corrected chi connectivity index (χ2v) is 4.78. The van der Waals surface area contributed by atoms with Crippen LogP contribution in [0.3, 0.4) is 0 Å². The van der Waals surface area contributed by atoms with Gasteiger partial charge in [0.25, 0.3) is 5.91 Å². The van der Waals surface area contributed by atoms with Crippen LogP contribution in [0.5, 0.6) is 0 Å². The molecule has 1 aromatic heterocycles. The van der Waals surface area contributed by atoms with E-state index in [9.17, 15) is 4.79 Å². The highest BCUT2D eigenvalue weighted by Gasteiger charge is 2.13. The van der Waals surface area contributed by atoms with Crippen molar-refractivity contribution in [2.24, 2.45) is 0 Å². The minimum atomic E-state index is 0.0114. The van der Waals surface area contributed by atoms with Gasteiger partial charge in [0.15, 0.2) is 0 Å². The van der Waals surface area contributed by atoms with Gasteiger partial charge in [-0.05, 0) is 43.2 Å². The number of aliphatic hydroxyl groups is 1. The summed E-state index contributed by atoms with van der Waals surface area (Å²) in [5.41, 5.74) is 1.11. The van der Waals surface area contributed by atoms with E-state index in [-0.39, 0.29) is 18.6 Å². The van der Waals surface area contributed by atoms with E-state index in [4.69, 9.17) is 5.11 Å². The molecule has 0 aliphatic rings. The molecule has 1 rings (SSSR count). The normalized spacial score (nSPS) is 12.4. The maximum atomic E-state index is 11.9. The van der Waals surface area contributed by atoms with Gasteiger partial charge >= 0.3 is 0 Å². The summed E-state index contributed by atoms with van der Waals surface area (Å²) in [6.07, 6.45) is 2.43. The van der Waals surface area contributed by atoms with Gasteiger partial charge in [0.1, 0.15) is 0 Å². The Kier molecular flexibility index (Phi) is 5.49. The van der Waals surface area contributed by atoms with Crippen LogP contribution in [0.15, 0.2) is 11.4 Å². The Morgan fingerprint density at radius 1 is 1.62 bits per heavy atom. The highest BCUT2D eigenvalue weighted by atomic mass is 32.1. The molecule has 2 N–H and O–H groups in total. The molecule has 0 fully saturated rings. The lowest BCUT2D eigenvalue weighted by atomic mass is 10.1. The molecule has 1 aromatic rings. The number of aliphatic hydroxyl groups excluding tert-OH is 1. The second-order valence-electron chi connectivity index (χ2n) is 3.87. The van der Waals surface area contributed by atoms with Crippen molar-refractivity contribution in [2.45, 2.75) is 39.2 Å². The van der Waals surface area contributed by atoms with Crippen LogP contribution in [0, 0.1) is 0 Å². The Morgan fingerprint density at radius 2 is 2.38 bits per heavy atom. The lowest BCUT2D eigenvalue weighted by molar-refractivity contribution is 0.0939. The van der Waals surface area contributed by atoms with Crippen LogP contribution in [-0.2, 0) is 6.42 Å². The summed E-state index contributed by atoms with van der Waals surface area (Å²) in [4.78, 5) is 12.7. The van der Waals surface area contributed by atoms with Crippen LogP contribution in [0.1, 0.15) is 41.9 Å². The van der Waals surface area contributed by atoms with Crippen LogP contribution < -0.4 is 5.32 Å². The predicted octanol–water partition coefficient (Wildman–Crippen LogP) is 2.20. The highest BCUT2D eigenvalue weighted by molar-refractivity contribution is 7.12. The van der Waals surface area contributed by atoms with E-state index in [1.165, 1.54) is 11.3 Å². The van der Waals surface area contributed by atoms with Gasteiger partial charge in [-0.1, -0.05) is 6.92 Å². The highest BCUT2D eigenvalue weighted by Crippen LogP contribution is 2.17. The van der Waals surface area contributed by atoms with E-state index >= 15 is 0 Å². The summed E-state index contributed by atoms with van der Waals surface area (Å²) in [7, 11) is 0. The smallest absolute Gasteiger partial charge is 0.261 e. The fourth-order valence-corrected chi connectivity index (χ4v) is 2.47. The lowest BCUT2D eigenvalue weighted by Gasteiger charge is -2.12. The molecular weight excluding hydrogens is 222 g/mol. The molecule has 0 spiro atoms. The first-order chi connectivity index (χ1) is 7.69. The summed E-state index contributed by atoms with van der Waals surface area (Å²) in [6, 6.07) is 2.12. The van der Waals surface area contributed by atoms with Crippen LogP contribution in [-0.4, -0.2) is 23.7 Å². The number of amides is 1. The fraction of sp³-hybridized carbons (Fsp3) is 0.583. The Bertz CT molecular complexity index is 336. The van der Waals surface area contributed by atoms with E-state index in [0.717, 1.165) is 29.7 Å². The maximum Gasteiger partial charge on any atom is 0.261 e. The lowest BCUT2D eigenvalue weighted by Crippen LogP contribution is -2.32. The third kappa shape index (κ3) is 3.61. The molecular formula is C12H19NO2S. The molecule has 0 aliphatic heterocycles. The monoisotopic (exact) mass is 241 g/mol. The summed E-state index contributed by atoms with van der Waals surface area (Å²) < 4.78 is 0. The molecule has 1 amide bonds. The van der Waals surface area contributed by atoms with Crippen LogP contribution in [0.2, 0.25) is 0 Å². The zero-order chi connectivity index (χ0) is 12.0. The van der Waals surface area contributed by atoms with E-state index < -0.39 is 0 Å². The summed E-state index contributed by atoms with van der Waals surface area (Å²) in [6.45, 7) is 4.19. The van der Waals surface area contributed by atoms with E-state index in [1.807, 2.05) is 25.3 Å². The number of rotatable bonds is 6. The quantitative estimate of drug-likeness (QED) is 0.802. The van der Waals surface area contributed by atoms with Crippen molar-refractivity contribution in [1.82, 2.24) is 5.32 Å². The van der Waals surface area contributed by atoms with Crippen LogP contribution in [0.25, 0.3) is 0 Å². The summed E-state index contributed by atoms with van der Waals surface area (Å²) in [5.74, 6) is 0.0114. The van der Waals surface area contributed by atoms with E-state index in [1.54, 1.807) is 0 Å². The van der Waals surface area contributed by atoms with Crippen molar-refractivity contribution in [3.05, 3.63) is 21.9 Å². The molecule has 0 aliphatic carbocycles. The van der Waals surface area contributed by atoms with Gasteiger partial charge in [0.2, 0.25) is 0 Å². The first kappa shape index (κ1) is 13.2. The van der Waals surface area contributed by atoms with Crippen LogP contribution >= 0.6 is 11.3 Å². The topological polar surface area (TPSA) is 49.3 Å². The molecule has 0 radical (unpaired) electrons. The molecule has 16 heavy (non-hydrogen) atoms. The Balaban J connectivity index is 2.52. The Labute approximate surface area is 100 Å². The van der Waals surface area contributed by atoms with Crippen molar-refractivity contribution < 1.29 is 9.90 Å². The second kappa shape index (κ2) is 6.66. The van der Waals surface area contributed by atoms with Crippen molar-refractivity contribution in [2.75, 3.05) is 6.61 Å². The average Bonchev–Trinajstić information content (AvgIpc) is 2.74. The molecule has 0 bridgehead atoms. The summed E-state index contributed by atoms with van der Waals surface area (Å²) in [5, 5.41) is 13.6. The summed E-state index contributed by atoms with van der Waals surface area (Å²) >= 11 is 1.49. The zero-order valence-electron chi connectivity index (χ0n) is 9.82. The van der Waals surface area contributed by atoms with Crippen molar-refractivity contribution >= 4 is 17.2 Å². The molecule has 1 unspecified atom stereocenters. The van der Waals surface area contributed by atoms with Gasteiger partial charge in [-0.15, -0.1) is 11.3 Å². The third-order valence-corrected chi connectivity index (χ3v) is 3.46. The van der Waals surface area contributed by atoms with Gasteiger partial charge in [-0.3, -0.25) is 4.79 Å². The first-order valence-electron chi connectivity index (χ1n) is 5.67. The number of hydrogen-bond acceptors (Lipinski definition) is 3. The van der Waals surface area contributed by atoms with Gasteiger partial charge in [0, 0.05) is 12.6 Å². The van der Waals surface area contributed by atoms with Crippen molar-refractivity contribution in [1.29, 1.82) is 0 Å². The number of carbonyl (C=O) groups excluding carboxylic acids is 1. The third-order valence-electron chi connectivity index (χ3n) is 2.51. The standard InChI is InChI=1S/C12H19NO2S/c1-3-10-6-8-16-11(10)12(15)13-9(2)5-4-7-14/h6,8-9,14H,3-5,7H2,1-2H3,(H,13,15). The molecule has 0 aromatic carbocycles. The minimum Gasteiger partial charge on any atom is -0.396 e. The van der Waals surface area contributed by atoms with Gasteiger partial charge < -0.3 is 10.4 Å². The van der Waals surface area contributed by atoms with Crippen molar-refractivity contribution in [3.63, 3.8) is 0 Å². The SMILES string of the molecule is CCc1ccsc1C(=O)NC(C)CCCO. The molecule has 3 nitrogen and oxygen atoms in total. The van der Waals surface area contributed by atoms with Gasteiger partial charge in [-0.25, -0.2) is 0 Å². The predicted molar refractivity (Wildman–Crippen MR) is 66.9 cm³/mol. The van der Waals surface area contributed by atoms with E-state index in [0.29, 0.717) is 0 Å². The molecule has 90 valence electrons. The Hall–Kier alpha value is -0.870. The molecule has 1 heterocycles. The number of hydrogen-bond donors (Lipinski definition) is 2. The minimum absolute atomic E-state index is 0.0114. The fourth-order valence-electron chi connectivity index (χ4n) is 1.57. The molecule has 1 atom stereocenters. The maximum absolute atomic E-state index is 11.9. The van der Waals surface area contributed by atoms with Gasteiger partial charge in [-0.2, -0.15) is 0 Å². The van der Waals surface area contributed by atoms with Crippen LogP contribution in [0.4, 0.5) is 0 Å².